The summed E-state index contributed by atoms with van der Waals surface area (Å²) < 4.78 is 5.46. The second kappa shape index (κ2) is 5.13. The summed E-state index contributed by atoms with van der Waals surface area (Å²) in [6.45, 7) is 1.69. The van der Waals surface area contributed by atoms with E-state index in [-0.39, 0.29) is 11.9 Å². The Labute approximate surface area is 125 Å². The van der Waals surface area contributed by atoms with E-state index in [2.05, 4.69) is 10.3 Å². The molecule has 114 valence electrons. The smallest absolute Gasteiger partial charge is 0.247 e. The van der Waals surface area contributed by atoms with Gasteiger partial charge in [0.25, 0.3) is 0 Å². The Kier molecular flexibility index (Phi) is 3.25. The Bertz CT molecular complexity index is 541. The van der Waals surface area contributed by atoms with Crippen molar-refractivity contribution < 1.29 is 9.21 Å². The first-order valence-corrected chi connectivity index (χ1v) is 8.16. The Morgan fingerprint density at radius 3 is 3.24 bits per heavy atom. The van der Waals surface area contributed by atoms with Gasteiger partial charge in [-0.3, -0.25) is 4.79 Å². The summed E-state index contributed by atoms with van der Waals surface area (Å²) in [5.74, 6) is 3.41. The second-order valence-corrected chi connectivity index (χ2v) is 6.77. The fourth-order valence-electron chi connectivity index (χ4n) is 4.33. The fourth-order valence-corrected chi connectivity index (χ4v) is 4.33. The molecule has 2 saturated carbocycles. The molecule has 21 heavy (non-hydrogen) atoms. The van der Waals surface area contributed by atoms with E-state index >= 15 is 0 Å². The first-order valence-electron chi connectivity index (χ1n) is 8.16. The molecule has 2 heterocycles. The Balaban J connectivity index is 1.51. The van der Waals surface area contributed by atoms with E-state index in [4.69, 9.17) is 4.42 Å². The number of oxazole rings is 1. The zero-order valence-corrected chi connectivity index (χ0v) is 12.5. The number of fused-ring (bicyclic) bond motifs is 2. The average molecular weight is 289 g/mol. The summed E-state index contributed by atoms with van der Waals surface area (Å²) in [7, 11) is 1.82. The molecular weight excluding hydrogens is 266 g/mol. The lowest BCUT2D eigenvalue weighted by molar-refractivity contribution is -0.134. The van der Waals surface area contributed by atoms with Crippen LogP contribution in [0.4, 0.5) is 0 Å². The lowest BCUT2D eigenvalue weighted by atomic mass is 9.88. The summed E-state index contributed by atoms with van der Waals surface area (Å²) in [6, 6.07) is -0.372. The third-order valence-electron chi connectivity index (χ3n) is 5.59. The molecule has 1 aliphatic heterocycles. The minimum atomic E-state index is -0.372. The van der Waals surface area contributed by atoms with Crippen LogP contribution >= 0.6 is 0 Å². The molecule has 5 nitrogen and oxygen atoms in total. The van der Waals surface area contributed by atoms with Crippen LogP contribution in [0.25, 0.3) is 0 Å². The second-order valence-electron chi connectivity index (χ2n) is 6.77. The van der Waals surface area contributed by atoms with Crippen LogP contribution < -0.4 is 5.32 Å². The van der Waals surface area contributed by atoms with Crippen LogP contribution in [0.15, 0.2) is 10.8 Å². The maximum absolute atomic E-state index is 12.8. The van der Waals surface area contributed by atoms with Crippen molar-refractivity contribution in [3.05, 3.63) is 17.8 Å². The van der Waals surface area contributed by atoms with E-state index in [9.17, 15) is 4.79 Å². The number of carbonyl (C=O) groups is 1. The molecule has 3 aliphatic rings. The number of hydrogen-bond acceptors (Lipinski definition) is 4. The van der Waals surface area contributed by atoms with E-state index in [1.165, 1.54) is 32.1 Å². The highest BCUT2D eigenvalue weighted by molar-refractivity contribution is 5.83. The van der Waals surface area contributed by atoms with Crippen LogP contribution in [0, 0.1) is 17.8 Å². The molecule has 0 spiro atoms. The van der Waals surface area contributed by atoms with Crippen LogP contribution in [-0.4, -0.2) is 35.9 Å². The average Bonchev–Trinajstić information content (AvgIpc) is 3.18. The number of likely N-dealkylation sites (N-methyl/N-ethyl adjacent to an activating group) is 1. The zero-order valence-electron chi connectivity index (χ0n) is 12.5. The third kappa shape index (κ3) is 2.27. The number of hydrogen-bond donors (Lipinski definition) is 1. The highest BCUT2D eigenvalue weighted by atomic mass is 16.3. The number of rotatable bonds is 3. The first-order chi connectivity index (χ1) is 10.3. The largest absolute Gasteiger partial charge is 0.446 e. The maximum Gasteiger partial charge on any atom is 0.247 e. The first kappa shape index (κ1) is 13.3. The molecule has 5 heteroatoms. The predicted molar refractivity (Wildman–Crippen MR) is 77.5 cm³/mol. The molecule has 4 atom stereocenters. The quantitative estimate of drug-likeness (QED) is 0.921. The Hall–Kier alpha value is -1.36. The molecule has 0 saturated heterocycles. The van der Waals surface area contributed by atoms with Crippen molar-refractivity contribution in [1.29, 1.82) is 0 Å². The summed E-state index contributed by atoms with van der Waals surface area (Å²) in [5, 5.41) is 3.10. The van der Waals surface area contributed by atoms with Gasteiger partial charge in [0.15, 0.2) is 12.2 Å². The van der Waals surface area contributed by atoms with Gasteiger partial charge in [-0.05, 0) is 37.6 Å². The lowest BCUT2D eigenvalue weighted by Gasteiger charge is -2.30. The maximum atomic E-state index is 12.8. The molecule has 1 amide bonds. The van der Waals surface area contributed by atoms with Crippen molar-refractivity contribution in [3.8, 4) is 0 Å². The summed E-state index contributed by atoms with van der Waals surface area (Å²) in [4.78, 5) is 19.1. The van der Waals surface area contributed by atoms with E-state index < -0.39 is 0 Å². The van der Waals surface area contributed by atoms with E-state index in [0.717, 1.165) is 37.0 Å². The number of aromatic nitrogens is 1. The van der Waals surface area contributed by atoms with Gasteiger partial charge >= 0.3 is 0 Å². The number of amides is 1. The predicted octanol–water partition coefficient (Wildman–Crippen LogP) is 1.76. The van der Waals surface area contributed by atoms with Gasteiger partial charge in [0, 0.05) is 19.5 Å². The molecule has 4 rings (SSSR count). The van der Waals surface area contributed by atoms with E-state index in [0.29, 0.717) is 11.7 Å². The molecule has 1 aromatic heterocycles. The van der Waals surface area contributed by atoms with Crippen molar-refractivity contribution in [2.75, 3.05) is 20.1 Å². The van der Waals surface area contributed by atoms with Crippen molar-refractivity contribution in [1.82, 2.24) is 15.2 Å². The van der Waals surface area contributed by atoms with Crippen LogP contribution in [0.1, 0.15) is 43.2 Å². The highest BCUT2D eigenvalue weighted by Gasteiger charge is 2.46. The van der Waals surface area contributed by atoms with Gasteiger partial charge < -0.3 is 14.6 Å². The molecule has 1 N–H and O–H groups in total. The molecule has 2 aliphatic carbocycles. The summed E-state index contributed by atoms with van der Waals surface area (Å²) >= 11 is 0. The van der Waals surface area contributed by atoms with Gasteiger partial charge in [0.2, 0.25) is 5.91 Å². The molecule has 0 aromatic carbocycles. The highest BCUT2D eigenvalue weighted by Crippen LogP contribution is 2.53. The summed E-state index contributed by atoms with van der Waals surface area (Å²) in [5.41, 5.74) is 0.929. The molecule has 0 bridgehead atoms. The zero-order chi connectivity index (χ0) is 14.4. The molecule has 4 unspecified atom stereocenters. The van der Waals surface area contributed by atoms with Gasteiger partial charge in [0.05, 0.1) is 5.69 Å². The van der Waals surface area contributed by atoms with Crippen LogP contribution in [0.2, 0.25) is 0 Å². The van der Waals surface area contributed by atoms with Crippen LogP contribution in [0.3, 0.4) is 0 Å². The van der Waals surface area contributed by atoms with Gasteiger partial charge in [-0.15, -0.1) is 0 Å². The fraction of sp³-hybridized carbons (Fsp3) is 0.750. The molecule has 1 aromatic rings. The third-order valence-corrected chi connectivity index (χ3v) is 5.59. The Morgan fingerprint density at radius 1 is 1.48 bits per heavy atom. The SMILES string of the molecule is CNC1C(=O)N(CC2CCCC3CC32)CCc2ncoc21. The van der Waals surface area contributed by atoms with E-state index in [1.54, 1.807) is 0 Å². The summed E-state index contributed by atoms with van der Waals surface area (Å²) in [6.07, 6.45) is 7.68. The number of carbonyl (C=O) groups excluding carboxylic acids is 1. The monoisotopic (exact) mass is 289 g/mol. The number of nitrogens with zero attached hydrogens (tertiary/aromatic N) is 2. The van der Waals surface area contributed by atoms with Crippen molar-refractivity contribution >= 4 is 5.91 Å². The van der Waals surface area contributed by atoms with Crippen molar-refractivity contribution in [2.45, 2.75) is 38.1 Å². The minimum Gasteiger partial charge on any atom is -0.446 e. The van der Waals surface area contributed by atoms with Crippen LogP contribution in [0.5, 0.6) is 0 Å². The van der Waals surface area contributed by atoms with Gasteiger partial charge in [-0.25, -0.2) is 4.98 Å². The van der Waals surface area contributed by atoms with E-state index in [1.807, 2.05) is 11.9 Å². The normalized spacial score (nSPS) is 35.1. The van der Waals surface area contributed by atoms with Crippen LogP contribution in [-0.2, 0) is 11.2 Å². The molecular formula is C16H23N3O2. The topological polar surface area (TPSA) is 58.4 Å². The van der Waals surface area contributed by atoms with Gasteiger partial charge in [0.1, 0.15) is 6.04 Å². The molecule has 2 fully saturated rings. The van der Waals surface area contributed by atoms with Gasteiger partial charge in [-0.1, -0.05) is 12.8 Å². The lowest BCUT2D eigenvalue weighted by Crippen LogP contribution is -2.42. The van der Waals surface area contributed by atoms with Crippen molar-refractivity contribution in [3.63, 3.8) is 0 Å². The van der Waals surface area contributed by atoms with Gasteiger partial charge in [-0.2, -0.15) is 0 Å². The Morgan fingerprint density at radius 2 is 2.38 bits per heavy atom. The van der Waals surface area contributed by atoms with Crippen molar-refractivity contribution in [2.24, 2.45) is 17.8 Å². The standard InChI is InChI=1S/C16H23N3O2/c1-17-14-15-13(18-9-21-15)5-6-19(16(14)20)8-11-4-2-3-10-7-12(10)11/h9-12,14,17H,2-8H2,1H3. The molecule has 0 radical (unpaired) electrons. The number of nitrogens with one attached hydrogen (secondary N) is 1. The minimum absolute atomic E-state index is 0.149.